The van der Waals surface area contributed by atoms with Crippen LogP contribution in [0.4, 0.5) is 5.82 Å². The summed E-state index contributed by atoms with van der Waals surface area (Å²) in [5.41, 5.74) is 4.11. The van der Waals surface area contributed by atoms with Crippen LogP contribution in [0.3, 0.4) is 0 Å². The molecule has 0 radical (unpaired) electrons. The third-order valence-electron chi connectivity index (χ3n) is 4.70. The van der Waals surface area contributed by atoms with Crippen molar-refractivity contribution in [2.75, 3.05) is 11.9 Å². The number of hydrogen-bond donors (Lipinski definition) is 1. The van der Waals surface area contributed by atoms with E-state index in [1.165, 1.54) is 5.56 Å². The molecule has 4 rings (SSSR count). The maximum absolute atomic E-state index is 4.87. The summed E-state index contributed by atoms with van der Waals surface area (Å²) < 4.78 is 1.05. The third kappa shape index (κ3) is 5.48. The monoisotopic (exact) mass is 426 g/mol. The minimum Gasteiger partial charge on any atom is -0.369 e. The van der Waals surface area contributed by atoms with Crippen LogP contribution in [0.1, 0.15) is 38.3 Å². The van der Waals surface area contributed by atoms with E-state index in [2.05, 4.69) is 78.6 Å². The average Bonchev–Trinajstić information content (AvgIpc) is 3.19. The Morgan fingerprint density at radius 1 is 1.00 bits per heavy atom. The molecule has 3 heterocycles. The largest absolute Gasteiger partial charge is 0.369 e. The quantitative estimate of drug-likeness (QED) is 0.295. The second-order valence-electron chi connectivity index (χ2n) is 8.47. The van der Waals surface area contributed by atoms with E-state index in [4.69, 9.17) is 9.97 Å². The van der Waals surface area contributed by atoms with Gasteiger partial charge < -0.3 is 5.32 Å². The molecule has 0 bridgehead atoms. The summed E-state index contributed by atoms with van der Waals surface area (Å²) in [5, 5.41) is 5.64. The van der Waals surface area contributed by atoms with Crippen molar-refractivity contribution in [1.82, 2.24) is 15.0 Å². The van der Waals surface area contributed by atoms with E-state index >= 15 is 0 Å². The molecule has 0 saturated carbocycles. The SMILES string of the molecule is CC(C)(C)C#Cc1csc2c(NCCCc3ccccc3)nc(-c3ccncc3)nc12. The summed E-state index contributed by atoms with van der Waals surface area (Å²) in [4.78, 5) is 13.8. The molecule has 5 heteroatoms. The molecule has 31 heavy (non-hydrogen) atoms. The van der Waals surface area contributed by atoms with E-state index < -0.39 is 0 Å². The molecule has 0 amide bonds. The van der Waals surface area contributed by atoms with Gasteiger partial charge in [0.15, 0.2) is 5.82 Å². The topological polar surface area (TPSA) is 50.7 Å². The van der Waals surface area contributed by atoms with Crippen LogP contribution < -0.4 is 5.32 Å². The molecule has 0 atom stereocenters. The Balaban J connectivity index is 1.64. The van der Waals surface area contributed by atoms with E-state index in [-0.39, 0.29) is 5.41 Å². The predicted molar refractivity (Wildman–Crippen MR) is 130 cm³/mol. The molecule has 0 spiro atoms. The van der Waals surface area contributed by atoms with Crippen molar-refractivity contribution in [3.63, 3.8) is 0 Å². The van der Waals surface area contributed by atoms with Gasteiger partial charge >= 0.3 is 0 Å². The fraction of sp³-hybridized carbons (Fsp3) is 0.269. The highest BCUT2D eigenvalue weighted by molar-refractivity contribution is 7.18. The molecule has 4 aromatic rings. The van der Waals surface area contributed by atoms with Crippen LogP contribution in [0.5, 0.6) is 0 Å². The van der Waals surface area contributed by atoms with Crippen molar-refractivity contribution in [3.05, 3.63) is 71.4 Å². The third-order valence-corrected chi connectivity index (χ3v) is 5.68. The first-order valence-electron chi connectivity index (χ1n) is 10.5. The number of pyridine rings is 1. The molecular weight excluding hydrogens is 400 g/mol. The normalized spacial score (nSPS) is 11.2. The lowest BCUT2D eigenvalue weighted by molar-refractivity contribution is 0.571. The van der Waals surface area contributed by atoms with Gasteiger partial charge in [0, 0.05) is 35.3 Å². The van der Waals surface area contributed by atoms with Crippen LogP contribution in [-0.4, -0.2) is 21.5 Å². The van der Waals surface area contributed by atoms with Crippen molar-refractivity contribution >= 4 is 27.4 Å². The fourth-order valence-corrected chi connectivity index (χ4v) is 4.06. The zero-order valence-electron chi connectivity index (χ0n) is 18.1. The minimum atomic E-state index is -0.0618. The van der Waals surface area contributed by atoms with E-state index in [0.29, 0.717) is 5.82 Å². The Morgan fingerprint density at radius 3 is 2.52 bits per heavy atom. The van der Waals surface area contributed by atoms with E-state index in [1.54, 1.807) is 23.7 Å². The van der Waals surface area contributed by atoms with Crippen LogP contribution in [0.15, 0.2) is 60.2 Å². The van der Waals surface area contributed by atoms with Gasteiger partial charge in [-0.2, -0.15) is 0 Å². The van der Waals surface area contributed by atoms with Crippen molar-refractivity contribution in [2.45, 2.75) is 33.6 Å². The number of aryl methyl sites for hydroxylation is 1. The van der Waals surface area contributed by atoms with Gasteiger partial charge in [-0.1, -0.05) is 42.2 Å². The van der Waals surface area contributed by atoms with Gasteiger partial charge in [0.05, 0.1) is 10.3 Å². The molecule has 0 fully saturated rings. The summed E-state index contributed by atoms with van der Waals surface area (Å²) in [5.74, 6) is 8.23. The van der Waals surface area contributed by atoms with Crippen LogP contribution >= 0.6 is 11.3 Å². The molecule has 1 N–H and O–H groups in total. The van der Waals surface area contributed by atoms with Gasteiger partial charge in [0.25, 0.3) is 0 Å². The number of hydrogen-bond acceptors (Lipinski definition) is 5. The Bertz CT molecular complexity index is 1210. The molecule has 0 aliphatic carbocycles. The smallest absolute Gasteiger partial charge is 0.162 e. The maximum atomic E-state index is 4.87. The van der Waals surface area contributed by atoms with Crippen molar-refractivity contribution in [3.8, 4) is 23.2 Å². The highest BCUT2D eigenvalue weighted by Crippen LogP contribution is 2.32. The highest BCUT2D eigenvalue weighted by atomic mass is 32.1. The summed E-state index contributed by atoms with van der Waals surface area (Å²) in [6, 6.07) is 14.4. The van der Waals surface area contributed by atoms with Crippen LogP contribution in [-0.2, 0) is 6.42 Å². The zero-order valence-corrected chi connectivity index (χ0v) is 19.0. The first-order valence-corrected chi connectivity index (χ1v) is 11.4. The lowest BCUT2D eigenvalue weighted by Gasteiger charge is -2.09. The number of thiophene rings is 1. The molecular formula is C26H26N4S. The molecule has 1 aromatic carbocycles. The molecule has 0 aliphatic rings. The maximum Gasteiger partial charge on any atom is 0.162 e. The zero-order chi connectivity index (χ0) is 21.7. The summed E-state index contributed by atoms with van der Waals surface area (Å²) in [7, 11) is 0. The number of aromatic nitrogens is 3. The van der Waals surface area contributed by atoms with Crippen LogP contribution in [0.25, 0.3) is 21.6 Å². The first-order chi connectivity index (χ1) is 15.0. The van der Waals surface area contributed by atoms with E-state index in [0.717, 1.165) is 46.5 Å². The molecule has 0 aliphatic heterocycles. The Labute approximate surface area is 187 Å². The van der Waals surface area contributed by atoms with Gasteiger partial charge in [-0.3, -0.25) is 4.98 Å². The number of benzene rings is 1. The van der Waals surface area contributed by atoms with Gasteiger partial charge in [-0.15, -0.1) is 11.3 Å². The van der Waals surface area contributed by atoms with Gasteiger partial charge in [-0.05, 0) is 51.3 Å². The lowest BCUT2D eigenvalue weighted by atomic mass is 9.97. The van der Waals surface area contributed by atoms with E-state index in [1.807, 2.05) is 12.1 Å². The Kier molecular flexibility index (Phi) is 6.29. The van der Waals surface area contributed by atoms with E-state index in [9.17, 15) is 0 Å². The molecule has 156 valence electrons. The number of rotatable bonds is 6. The van der Waals surface area contributed by atoms with Crippen molar-refractivity contribution in [1.29, 1.82) is 0 Å². The van der Waals surface area contributed by atoms with Crippen LogP contribution in [0, 0.1) is 17.3 Å². The summed E-state index contributed by atoms with van der Waals surface area (Å²) in [6.07, 6.45) is 5.60. The van der Waals surface area contributed by atoms with Crippen LogP contribution in [0.2, 0.25) is 0 Å². The standard InChI is InChI=1S/C26H26N4S/c1-26(2,3)14-11-21-18-31-23-22(21)29-24(20-12-16-27-17-13-20)30-25(23)28-15-7-10-19-8-5-4-6-9-19/h4-6,8-9,12-13,16-18H,7,10,15H2,1-3H3,(H,28,29,30). The number of fused-ring (bicyclic) bond motifs is 1. The second-order valence-corrected chi connectivity index (χ2v) is 9.35. The molecule has 3 aromatic heterocycles. The molecule has 0 unspecified atom stereocenters. The first kappa shape index (κ1) is 21.0. The second kappa shape index (κ2) is 9.28. The van der Waals surface area contributed by atoms with Gasteiger partial charge in [0.1, 0.15) is 11.3 Å². The average molecular weight is 427 g/mol. The highest BCUT2D eigenvalue weighted by Gasteiger charge is 2.14. The predicted octanol–water partition coefficient (Wildman–Crippen LogP) is 6.20. The number of nitrogens with one attached hydrogen (secondary N) is 1. The number of nitrogens with zero attached hydrogens (tertiary/aromatic N) is 3. The number of anilines is 1. The minimum absolute atomic E-state index is 0.0618. The summed E-state index contributed by atoms with van der Waals surface area (Å²) in [6.45, 7) is 7.20. The fourth-order valence-electron chi connectivity index (χ4n) is 3.16. The molecule has 4 nitrogen and oxygen atoms in total. The van der Waals surface area contributed by atoms with Crippen molar-refractivity contribution < 1.29 is 0 Å². The van der Waals surface area contributed by atoms with Crippen molar-refractivity contribution in [2.24, 2.45) is 5.41 Å². The Morgan fingerprint density at radius 2 is 1.77 bits per heavy atom. The van der Waals surface area contributed by atoms with Gasteiger partial charge in [-0.25, -0.2) is 9.97 Å². The summed E-state index contributed by atoms with van der Waals surface area (Å²) >= 11 is 1.65. The molecule has 0 saturated heterocycles. The lowest BCUT2D eigenvalue weighted by Crippen LogP contribution is -2.06. The van der Waals surface area contributed by atoms with Gasteiger partial charge in [0.2, 0.25) is 0 Å². The Hall–Kier alpha value is -3.23.